The van der Waals surface area contributed by atoms with E-state index in [1.54, 1.807) is 23.7 Å². The Labute approximate surface area is 161 Å². The molecule has 1 aliphatic rings. The SMILES string of the molecule is Cc1nn(CC(=O)N(C)C)cc1-c1ccc(B2OC(C)(C)C(C)(C)O2)cc1. The molecule has 0 bridgehead atoms. The summed E-state index contributed by atoms with van der Waals surface area (Å²) in [4.78, 5) is 13.5. The maximum Gasteiger partial charge on any atom is 0.494 e. The standard InChI is InChI=1S/C20H28BN3O3/c1-14-17(12-24(22-14)13-18(25)23(6)7)15-8-10-16(11-9-15)21-26-19(2,3)20(4,5)27-21/h8-12H,13H2,1-7H3. The highest BCUT2D eigenvalue weighted by molar-refractivity contribution is 6.62. The predicted molar refractivity (Wildman–Crippen MR) is 107 cm³/mol. The number of aryl methyl sites for hydroxylation is 1. The van der Waals surface area contributed by atoms with Crippen molar-refractivity contribution < 1.29 is 14.1 Å². The quantitative estimate of drug-likeness (QED) is 0.776. The summed E-state index contributed by atoms with van der Waals surface area (Å²) < 4.78 is 13.9. The Hall–Kier alpha value is -2.12. The van der Waals surface area contributed by atoms with E-state index in [0.717, 1.165) is 22.3 Å². The van der Waals surface area contributed by atoms with Crippen molar-refractivity contribution in [2.75, 3.05) is 14.1 Å². The number of rotatable bonds is 4. The first kappa shape index (κ1) is 19.6. The molecule has 1 aliphatic heterocycles. The van der Waals surface area contributed by atoms with Gasteiger partial charge in [0.05, 0.1) is 16.9 Å². The normalized spacial score (nSPS) is 18.0. The second-order valence-electron chi connectivity index (χ2n) is 8.32. The minimum absolute atomic E-state index is 0.0140. The highest BCUT2D eigenvalue weighted by Crippen LogP contribution is 2.36. The average Bonchev–Trinajstić information content (AvgIpc) is 3.03. The number of benzene rings is 1. The summed E-state index contributed by atoms with van der Waals surface area (Å²) >= 11 is 0. The Morgan fingerprint density at radius 3 is 2.19 bits per heavy atom. The maximum atomic E-state index is 11.9. The van der Waals surface area contributed by atoms with E-state index >= 15 is 0 Å². The lowest BCUT2D eigenvalue weighted by atomic mass is 9.78. The van der Waals surface area contributed by atoms with Gasteiger partial charge in [-0.05, 0) is 45.6 Å². The Kier molecular flexibility index (Phi) is 4.95. The number of carbonyl (C=O) groups is 1. The molecule has 0 saturated carbocycles. The number of likely N-dealkylation sites (N-methyl/N-ethyl adjacent to an activating group) is 1. The molecule has 0 radical (unpaired) electrons. The van der Waals surface area contributed by atoms with E-state index in [0.29, 0.717) is 0 Å². The Bertz CT molecular complexity index is 825. The van der Waals surface area contributed by atoms with E-state index in [9.17, 15) is 4.79 Å². The van der Waals surface area contributed by atoms with E-state index in [1.165, 1.54) is 0 Å². The van der Waals surface area contributed by atoms with Crippen LogP contribution in [0.15, 0.2) is 30.5 Å². The molecule has 1 fully saturated rings. The summed E-state index contributed by atoms with van der Waals surface area (Å²) in [5.74, 6) is 0.0140. The maximum absolute atomic E-state index is 11.9. The van der Waals surface area contributed by atoms with Gasteiger partial charge in [-0.1, -0.05) is 24.3 Å². The van der Waals surface area contributed by atoms with Crippen molar-refractivity contribution in [3.63, 3.8) is 0 Å². The number of nitrogens with zero attached hydrogens (tertiary/aromatic N) is 3. The summed E-state index contributed by atoms with van der Waals surface area (Å²) in [6.45, 7) is 10.4. The zero-order chi connectivity index (χ0) is 20.0. The van der Waals surface area contributed by atoms with E-state index in [1.807, 2.05) is 65.1 Å². The molecule has 6 nitrogen and oxygen atoms in total. The Morgan fingerprint density at radius 1 is 1.11 bits per heavy atom. The van der Waals surface area contributed by atoms with E-state index in [-0.39, 0.29) is 30.8 Å². The first-order valence-electron chi connectivity index (χ1n) is 9.20. The molecule has 2 heterocycles. The second kappa shape index (κ2) is 6.80. The zero-order valence-corrected chi connectivity index (χ0v) is 17.2. The van der Waals surface area contributed by atoms with Crippen molar-refractivity contribution >= 4 is 18.5 Å². The van der Waals surface area contributed by atoms with Gasteiger partial charge in [-0.25, -0.2) is 0 Å². The zero-order valence-electron chi connectivity index (χ0n) is 17.2. The van der Waals surface area contributed by atoms with Crippen LogP contribution in [0.2, 0.25) is 0 Å². The van der Waals surface area contributed by atoms with Crippen LogP contribution in [0.25, 0.3) is 11.1 Å². The van der Waals surface area contributed by atoms with E-state index in [2.05, 4.69) is 5.10 Å². The van der Waals surface area contributed by atoms with E-state index in [4.69, 9.17) is 9.31 Å². The number of aromatic nitrogens is 2. The molecule has 0 N–H and O–H groups in total. The molecule has 27 heavy (non-hydrogen) atoms. The molecule has 1 amide bonds. The lowest BCUT2D eigenvalue weighted by Crippen LogP contribution is -2.41. The molecule has 0 atom stereocenters. The average molecular weight is 369 g/mol. The van der Waals surface area contributed by atoms with Gasteiger partial charge in [0.25, 0.3) is 0 Å². The summed E-state index contributed by atoms with van der Waals surface area (Å²) in [6.07, 6.45) is 1.92. The molecular formula is C20H28BN3O3. The molecule has 144 valence electrons. The van der Waals surface area contributed by atoms with Gasteiger partial charge in [-0.2, -0.15) is 5.10 Å². The van der Waals surface area contributed by atoms with Gasteiger partial charge >= 0.3 is 7.12 Å². The Balaban J connectivity index is 1.79. The molecule has 1 saturated heterocycles. The van der Waals surface area contributed by atoms with Gasteiger partial charge in [-0.15, -0.1) is 0 Å². The summed E-state index contributed by atoms with van der Waals surface area (Å²) in [5, 5.41) is 4.47. The third-order valence-electron chi connectivity index (χ3n) is 5.49. The van der Waals surface area contributed by atoms with Crippen LogP contribution >= 0.6 is 0 Å². The van der Waals surface area contributed by atoms with Crippen molar-refractivity contribution in [3.05, 3.63) is 36.2 Å². The van der Waals surface area contributed by atoms with Gasteiger partial charge in [0.2, 0.25) is 5.91 Å². The molecule has 0 spiro atoms. The largest absolute Gasteiger partial charge is 0.494 e. The molecule has 1 aromatic heterocycles. The molecule has 0 unspecified atom stereocenters. The van der Waals surface area contributed by atoms with Crippen molar-refractivity contribution in [1.29, 1.82) is 0 Å². The lowest BCUT2D eigenvalue weighted by molar-refractivity contribution is -0.129. The van der Waals surface area contributed by atoms with Gasteiger partial charge < -0.3 is 14.2 Å². The van der Waals surface area contributed by atoms with E-state index < -0.39 is 0 Å². The van der Waals surface area contributed by atoms with Gasteiger partial charge in [0, 0.05) is 25.9 Å². The fourth-order valence-corrected chi connectivity index (χ4v) is 2.96. The van der Waals surface area contributed by atoms with Crippen LogP contribution in [-0.2, 0) is 20.6 Å². The minimum atomic E-state index is -0.370. The van der Waals surface area contributed by atoms with Crippen molar-refractivity contribution in [3.8, 4) is 11.1 Å². The topological polar surface area (TPSA) is 56.6 Å². The number of carbonyl (C=O) groups excluding carboxylic acids is 1. The van der Waals surface area contributed by atoms with Crippen LogP contribution in [0, 0.1) is 6.92 Å². The molecule has 0 aliphatic carbocycles. The number of hydrogen-bond acceptors (Lipinski definition) is 4. The highest BCUT2D eigenvalue weighted by atomic mass is 16.7. The molecule has 2 aromatic rings. The van der Waals surface area contributed by atoms with Crippen LogP contribution in [0.3, 0.4) is 0 Å². The molecule has 3 rings (SSSR count). The first-order valence-corrected chi connectivity index (χ1v) is 9.20. The Morgan fingerprint density at radius 2 is 1.67 bits per heavy atom. The number of hydrogen-bond donors (Lipinski definition) is 0. The monoisotopic (exact) mass is 369 g/mol. The number of amides is 1. The van der Waals surface area contributed by atoms with Crippen LogP contribution in [0.4, 0.5) is 0 Å². The smallest absolute Gasteiger partial charge is 0.399 e. The highest BCUT2D eigenvalue weighted by Gasteiger charge is 2.51. The molecule has 7 heteroatoms. The lowest BCUT2D eigenvalue weighted by Gasteiger charge is -2.32. The predicted octanol–water partition coefficient (Wildman–Crippen LogP) is 2.25. The van der Waals surface area contributed by atoms with Crippen LogP contribution in [0.1, 0.15) is 33.4 Å². The second-order valence-corrected chi connectivity index (χ2v) is 8.32. The summed E-state index contributed by atoms with van der Waals surface area (Å²) in [6, 6.07) is 8.14. The fourth-order valence-electron chi connectivity index (χ4n) is 2.96. The van der Waals surface area contributed by atoms with Crippen molar-refractivity contribution in [2.45, 2.75) is 52.4 Å². The van der Waals surface area contributed by atoms with Crippen LogP contribution in [-0.4, -0.2) is 53.0 Å². The van der Waals surface area contributed by atoms with Gasteiger partial charge in [0.15, 0.2) is 0 Å². The summed E-state index contributed by atoms with van der Waals surface area (Å²) in [5.41, 5.74) is 3.24. The molecular weight excluding hydrogens is 341 g/mol. The van der Waals surface area contributed by atoms with Crippen molar-refractivity contribution in [1.82, 2.24) is 14.7 Å². The third-order valence-corrected chi connectivity index (χ3v) is 5.49. The third kappa shape index (κ3) is 3.80. The van der Waals surface area contributed by atoms with Crippen LogP contribution in [0.5, 0.6) is 0 Å². The fraction of sp³-hybridized carbons (Fsp3) is 0.500. The van der Waals surface area contributed by atoms with Crippen molar-refractivity contribution in [2.24, 2.45) is 0 Å². The molecule has 1 aromatic carbocycles. The van der Waals surface area contributed by atoms with Gasteiger partial charge in [-0.3, -0.25) is 9.48 Å². The van der Waals surface area contributed by atoms with Crippen LogP contribution < -0.4 is 5.46 Å². The minimum Gasteiger partial charge on any atom is -0.399 e. The first-order chi connectivity index (χ1) is 12.5. The van der Waals surface area contributed by atoms with Gasteiger partial charge in [0.1, 0.15) is 6.54 Å². The summed E-state index contributed by atoms with van der Waals surface area (Å²) in [7, 11) is 3.12.